The highest BCUT2D eigenvalue weighted by atomic mass is 19.1. The molecule has 0 atom stereocenters. The van der Waals surface area contributed by atoms with E-state index in [1.165, 1.54) is 23.0 Å². The van der Waals surface area contributed by atoms with Gasteiger partial charge in [0.25, 0.3) is 5.91 Å². The second-order valence-electron chi connectivity index (χ2n) is 7.69. The summed E-state index contributed by atoms with van der Waals surface area (Å²) in [5, 5.41) is 19.2. The number of amides is 1. The van der Waals surface area contributed by atoms with Crippen LogP contribution in [-0.4, -0.2) is 56.4 Å². The van der Waals surface area contributed by atoms with Crippen LogP contribution in [0.4, 0.5) is 10.2 Å². The van der Waals surface area contributed by atoms with Crippen LogP contribution in [0.5, 0.6) is 5.75 Å². The van der Waals surface area contributed by atoms with Crippen molar-refractivity contribution in [2.75, 3.05) is 19.8 Å². The third-order valence-corrected chi connectivity index (χ3v) is 4.72. The zero-order chi connectivity index (χ0) is 24.8. The molecule has 0 aliphatic carbocycles. The van der Waals surface area contributed by atoms with Gasteiger partial charge >= 0.3 is 0 Å². The molecule has 4 aromatic rings. The molecule has 2 aromatic carbocycles. The molecule has 1 amide bonds. The number of ether oxygens (including phenoxy) is 1. The minimum Gasteiger partial charge on any atom is -0.489 e. The zero-order valence-corrected chi connectivity index (χ0v) is 18.9. The lowest BCUT2D eigenvalue weighted by atomic mass is 10.2. The van der Waals surface area contributed by atoms with Crippen LogP contribution in [0.15, 0.2) is 58.3 Å². The summed E-state index contributed by atoms with van der Waals surface area (Å²) in [7, 11) is 3.66. The fraction of sp³-hybridized carbons (Fsp3) is 0.182. The molecule has 2 heterocycles. The molecule has 0 spiro atoms. The van der Waals surface area contributed by atoms with Gasteiger partial charge in [0, 0.05) is 6.54 Å². The van der Waals surface area contributed by atoms with Gasteiger partial charge in [-0.3, -0.25) is 4.79 Å². The molecule has 35 heavy (non-hydrogen) atoms. The summed E-state index contributed by atoms with van der Waals surface area (Å²) in [6, 6.07) is 13.2. The Hall–Kier alpha value is -4.65. The zero-order valence-electron chi connectivity index (χ0n) is 18.9. The normalized spacial score (nSPS) is 11.3. The van der Waals surface area contributed by atoms with E-state index in [1.54, 1.807) is 36.4 Å². The van der Waals surface area contributed by atoms with E-state index in [-0.39, 0.29) is 23.1 Å². The van der Waals surface area contributed by atoms with Gasteiger partial charge in [-0.2, -0.15) is 9.78 Å². The highest BCUT2D eigenvalue weighted by molar-refractivity contribution is 5.94. The number of hydrogen-bond donors (Lipinski definition) is 2. The lowest BCUT2D eigenvalue weighted by Gasteiger charge is -2.11. The summed E-state index contributed by atoms with van der Waals surface area (Å²) < 4.78 is 24.6. The molecule has 0 fully saturated rings. The van der Waals surface area contributed by atoms with Crippen molar-refractivity contribution < 1.29 is 18.6 Å². The van der Waals surface area contributed by atoms with Gasteiger partial charge in [0.2, 0.25) is 11.6 Å². The summed E-state index contributed by atoms with van der Waals surface area (Å²) in [6.07, 6.45) is 1.48. The standard InChI is InChI=1S/C22H22FN9O3/c1-31(2)12-18-19(26-30-32(18)21-20(24)28-35-29-21)22(33)27-25-11-14-5-9-17(10-6-14)34-13-15-3-7-16(23)8-4-15/h3-11H,12-13H2,1-2H3,(H2,24,28)(H,27,33)/b25-11-. The van der Waals surface area contributed by atoms with Crippen molar-refractivity contribution >= 4 is 17.9 Å². The van der Waals surface area contributed by atoms with Crippen molar-refractivity contribution in [2.45, 2.75) is 13.2 Å². The Kier molecular flexibility index (Phi) is 7.07. The molecule has 180 valence electrons. The van der Waals surface area contributed by atoms with Crippen LogP contribution in [0.1, 0.15) is 27.3 Å². The number of nitrogen functional groups attached to an aromatic ring is 1. The van der Waals surface area contributed by atoms with E-state index >= 15 is 0 Å². The Morgan fingerprint density at radius 1 is 1.20 bits per heavy atom. The van der Waals surface area contributed by atoms with E-state index in [9.17, 15) is 9.18 Å². The molecule has 0 radical (unpaired) electrons. The van der Waals surface area contributed by atoms with E-state index in [0.29, 0.717) is 24.6 Å². The van der Waals surface area contributed by atoms with Gasteiger partial charge in [-0.1, -0.05) is 17.3 Å². The number of halogens is 1. The van der Waals surface area contributed by atoms with Gasteiger partial charge in [-0.05, 0) is 71.9 Å². The number of rotatable bonds is 9. The molecule has 0 bridgehead atoms. The highest BCUT2D eigenvalue weighted by Crippen LogP contribution is 2.17. The molecular formula is C22H22FN9O3. The second kappa shape index (κ2) is 10.5. The van der Waals surface area contributed by atoms with Crippen LogP contribution >= 0.6 is 0 Å². The lowest BCUT2D eigenvalue weighted by molar-refractivity contribution is 0.0948. The number of hydrogen-bond acceptors (Lipinski definition) is 10. The molecular weight excluding hydrogens is 457 g/mol. The number of nitrogens with two attached hydrogens (primary N) is 1. The maximum Gasteiger partial charge on any atom is 0.293 e. The fourth-order valence-electron chi connectivity index (χ4n) is 3.04. The van der Waals surface area contributed by atoms with Gasteiger partial charge in [0.15, 0.2) is 5.69 Å². The summed E-state index contributed by atoms with van der Waals surface area (Å²) in [5.74, 6) is -0.0516. The Labute approximate surface area is 199 Å². The first kappa shape index (κ1) is 23.5. The first-order chi connectivity index (χ1) is 16.9. The quantitative estimate of drug-likeness (QED) is 0.270. The number of nitrogens with zero attached hydrogens (tertiary/aromatic N) is 7. The number of carbonyl (C=O) groups is 1. The van der Waals surface area contributed by atoms with Crippen molar-refractivity contribution in [1.29, 1.82) is 0 Å². The predicted molar refractivity (Wildman–Crippen MR) is 123 cm³/mol. The van der Waals surface area contributed by atoms with Gasteiger partial charge in [-0.15, -0.1) is 5.10 Å². The Balaban J connectivity index is 1.38. The van der Waals surface area contributed by atoms with Crippen LogP contribution in [0.3, 0.4) is 0 Å². The summed E-state index contributed by atoms with van der Waals surface area (Å²) in [5.41, 5.74) is 10.3. The third kappa shape index (κ3) is 5.83. The Morgan fingerprint density at radius 3 is 2.60 bits per heavy atom. The molecule has 3 N–H and O–H groups in total. The van der Waals surface area contributed by atoms with Crippen molar-refractivity contribution in [3.8, 4) is 11.6 Å². The second-order valence-corrected chi connectivity index (χ2v) is 7.69. The number of aromatic nitrogens is 5. The van der Waals surface area contributed by atoms with E-state index in [2.05, 4.69) is 35.8 Å². The molecule has 0 aliphatic rings. The molecule has 0 aliphatic heterocycles. The summed E-state index contributed by atoms with van der Waals surface area (Å²) >= 11 is 0. The van der Waals surface area contributed by atoms with Crippen molar-refractivity contribution in [2.24, 2.45) is 5.10 Å². The number of carbonyl (C=O) groups excluding carboxylic acids is 1. The smallest absolute Gasteiger partial charge is 0.293 e. The number of anilines is 1. The van der Waals surface area contributed by atoms with Crippen LogP contribution in [0.25, 0.3) is 5.82 Å². The average molecular weight is 479 g/mol. The molecule has 0 saturated heterocycles. The molecule has 0 saturated carbocycles. The Morgan fingerprint density at radius 2 is 1.94 bits per heavy atom. The monoisotopic (exact) mass is 479 g/mol. The summed E-state index contributed by atoms with van der Waals surface area (Å²) in [6.45, 7) is 0.640. The molecule has 2 aromatic heterocycles. The number of hydrazone groups is 1. The molecule has 12 nitrogen and oxygen atoms in total. The van der Waals surface area contributed by atoms with Gasteiger partial charge in [0.05, 0.1) is 11.9 Å². The van der Waals surface area contributed by atoms with Crippen molar-refractivity contribution in [3.63, 3.8) is 0 Å². The fourth-order valence-corrected chi connectivity index (χ4v) is 3.04. The largest absolute Gasteiger partial charge is 0.489 e. The minimum absolute atomic E-state index is 0.0185. The predicted octanol–water partition coefficient (Wildman–Crippen LogP) is 1.78. The van der Waals surface area contributed by atoms with Crippen LogP contribution in [0, 0.1) is 5.82 Å². The van der Waals surface area contributed by atoms with E-state index in [1.807, 2.05) is 19.0 Å². The molecule has 4 rings (SSSR count). The van der Waals surface area contributed by atoms with E-state index < -0.39 is 5.91 Å². The molecule has 13 heteroatoms. The van der Waals surface area contributed by atoms with Gasteiger partial charge in [0.1, 0.15) is 18.2 Å². The topological polar surface area (TPSA) is 150 Å². The minimum atomic E-state index is -0.557. The average Bonchev–Trinajstić information content (AvgIpc) is 3.44. The first-order valence-electron chi connectivity index (χ1n) is 10.4. The van der Waals surface area contributed by atoms with Crippen LogP contribution in [0.2, 0.25) is 0 Å². The lowest BCUT2D eigenvalue weighted by Crippen LogP contribution is -2.23. The first-order valence-corrected chi connectivity index (χ1v) is 10.4. The third-order valence-electron chi connectivity index (χ3n) is 4.72. The van der Waals surface area contributed by atoms with Gasteiger partial charge < -0.3 is 15.4 Å². The number of benzene rings is 2. The van der Waals surface area contributed by atoms with Gasteiger partial charge in [-0.25, -0.2) is 14.4 Å². The van der Waals surface area contributed by atoms with E-state index in [0.717, 1.165) is 11.1 Å². The Bertz CT molecular complexity index is 1310. The SMILES string of the molecule is CN(C)Cc1c(C(=O)N/N=C\c2ccc(OCc3ccc(F)cc3)cc2)nnn1-c1nonc1N. The summed E-state index contributed by atoms with van der Waals surface area (Å²) in [4.78, 5) is 14.5. The van der Waals surface area contributed by atoms with Crippen molar-refractivity contribution in [1.82, 2.24) is 35.6 Å². The van der Waals surface area contributed by atoms with Crippen LogP contribution < -0.4 is 15.9 Å². The van der Waals surface area contributed by atoms with E-state index in [4.69, 9.17) is 10.5 Å². The van der Waals surface area contributed by atoms with Crippen molar-refractivity contribution in [3.05, 3.63) is 76.9 Å². The number of nitrogens with one attached hydrogen (secondary N) is 1. The van der Waals surface area contributed by atoms with Crippen LogP contribution in [-0.2, 0) is 13.2 Å². The highest BCUT2D eigenvalue weighted by Gasteiger charge is 2.24. The molecule has 0 unspecified atom stereocenters. The maximum absolute atomic E-state index is 13.0. The maximum atomic E-state index is 13.0.